The van der Waals surface area contributed by atoms with Gasteiger partial charge in [-0.2, -0.15) is 0 Å². The second-order valence-electron chi connectivity index (χ2n) is 8.05. The summed E-state index contributed by atoms with van der Waals surface area (Å²) >= 11 is 0. The first-order valence-corrected chi connectivity index (χ1v) is 10.7. The zero-order chi connectivity index (χ0) is 23.8. The van der Waals surface area contributed by atoms with Gasteiger partial charge in [-0.1, -0.05) is 12.8 Å². The lowest BCUT2D eigenvalue weighted by molar-refractivity contribution is -0.271. The number of hydrogen-bond acceptors (Lipinski definition) is 10. The zero-order valence-corrected chi connectivity index (χ0v) is 18.8. The van der Waals surface area contributed by atoms with E-state index in [1.165, 1.54) is 6.92 Å². The molecule has 180 valence electrons. The van der Waals surface area contributed by atoms with E-state index in [0.29, 0.717) is 0 Å². The van der Waals surface area contributed by atoms with Crippen LogP contribution in [0.1, 0.15) is 59.8 Å². The third-order valence-corrected chi connectivity index (χ3v) is 5.26. The first-order valence-electron chi connectivity index (χ1n) is 10.7. The molecule has 11 nitrogen and oxygen atoms in total. The van der Waals surface area contributed by atoms with Crippen LogP contribution in [0.5, 0.6) is 0 Å². The summed E-state index contributed by atoms with van der Waals surface area (Å²) in [6.45, 7) is 4.29. The topological polar surface area (TPSA) is 144 Å². The summed E-state index contributed by atoms with van der Waals surface area (Å²) in [7, 11) is 0. The fourth-order valence-corrected chi connectivity index (χ4v) is 4.04. The van der Waals surface area contributed by atoms with Crippen LogP contribution >= 0.6 is 0 Å². The summed E-state index contributed by atoms with van der Waals surface area (Å²) in [6.07, 6.45) is -0.693. The van der Waals surface area contributed by atoms with Gasteiger partial charge in [0.1, 0.15) is 18.8 Å². The summed E-state index contributed by atoms with van der Waals surface area (Å²) in [4.78, 5) is 59.3. The van der Waals surface area contributed by atoms with Crippen LogP contribution in [0, 0.1) is 5.92 Å². The lowest BCUT2D eigenvalue weighted by Crippen LogP contribution is -2.67. The van der Waals surface area contributed by atoms with Gasteiger partial charge in [0.25, 0.3) is 0 Å². The van der Waals surface area contributed by atoms with Crippen molar-refractivity contribution in [3.05, 3.63) is 0 Å². The highest BCUT2D eigenvalue weighted by Crippen LogP contribution is 2.30. The highest BCUT2D eigenvalue weighted by molar-refractivity contribution is 5.77. The van der Waals surface area contributed by atoms with Gasteiger partial charge in [-0.05, 0) is 18.8 Å². The van der Waals surface area contributed by atoms with Crippen molar-refractivity contribution in [2.45, 2.75) is 90.4 Å². The molecule has 1 aliphatic heterocycles. The van der Waals surface area contributed by atoms with E-state index in [2.05, 4.69) is 5.32 Å². The average molecular weight is 457 g/mol. The molecule has 0 aromatic rings. The van der Waals surface area contributed by atoms with Crippen molar-refractivity contribution in [3.63, 3.8) is 0 Å². The summed E-state index contributed by atoms with van der Waals surface area (Å²) in [5.41, 5.74) is 0. The fraction of sp³-hybridized carbons (Fsp3) is 0.762. The van der Waals surface area contributed by atoms with Crippen LogP contribution in [0.15, 0.2) is 0 Å². The Morgan fingerprint density at radius 2 is 1.38 bits per heavy atom. The maximum atomic E-state index is 12.7. The number of amides is 1. The first-order chi connectivity index (χ1) is 15.1. The Morgan fingerprint density at radius 3 is 1.91 bits per heavy atom. The second-order valence-corrected chi connectivity index (χ2v) is 8.05. The molecule has 0 radical (unpaired) electrons. The van der Waals surface area contributed by atoms with Crippen molar-refractivity contribution >= 4 is 29.8 Å². The summed E-state index contributed by atoms with van der Waals surface area (Å²) < 4.78 is 26.7. The van der Waals surface area contributed by atoms with Gasteiger partial charge in [0, 0.05) is 34.1 Å². The van der Waals surface area contributed by atoms with E-state index in [4.69, 9.17) is 23.7 Å². The van der Waals surface area contributed by atoms with Crippen molar-refractivity contribution in [3.8, 4) is 0 Å². The molecule has 1 aliphatic carbocycles. The Kier molecular flexibility index (Phi) is 9.42. The third kappa shape index (κ3) is 7.77. The van der Waals surface area contributed by atoms with Gasteiger partial charge in [0.15, 0.2) is 12.2 Å². The van der Waals surface area contributed by atoms with Crippen LogP contribution in [-0.4, -0.2) is 67.0 Å². The van der Waals surface area contributed by atoms with E-state index in [0.717, 1.165) is 46.5 Å². The van der Waals surface area contributed by atoms with E-state index in [1.807, 2.05) is 0 Å². The minimum atomic E-state index is -1.36. The number of carbonyl (C=O) groups is 5. The normalized spacial score (nSPS) is 27.8. The van der Waals surface area contributed by atoms with Crippen molar-refractivity contribution < 1.29 is 47.7 Å². The van der Waals surface area contributed by atoms with Gasteiger partial charge in [-0.15, -0.1) is 0 Å². The van der Waals surface area contributed by atoms with Crippen LogP contribution in [0.25, 0.3) is 0 Å². The van der Waals surface area contributed by atoms with Crippen molar-refractivity contribution in [1.82, 2.24) is 5.32 Å². The summed E-state index contributed by atoms with van der Waals surface area (Å²) in [6, 6.07) is -1.14. The van der Waals surface area contributed by atoms with E-state index in [1.54, 1.807) is 0 Å². The molecule has 2 fully saturated rings. The predicted octanol–water partition coefficient (Wildman–Crippen LogP) is 0.766. The summed E-state index contributed by atoms with van der Waals surface area (Å²) in [5, 5.41) is 2.73. The Morgan fingerprint density at radius 1 is 0.812 bits per heavy atom. The molecule has 1 saturated carbocycles. The number of carbonyl (C=O) groups excluding carboxylic acids is 5. The quantitative estimate of drug-likeness (QED) is 0.410. The van der Waals surface area contributed by atoms with Gasteiger partial charge in [-0.3, -0.25) is 24.0 Å². The molecular weight excluding hydrogens is 426 g/mol. The first kappa shape index (κ1) is 25.6. The smallest absolute Gasteiger partial charge is 0.305 e. The Balaban J connectivity index is 2.32. The van der Waals surface area contributed by atoms with Crippen molar-refractivity contribution in [1.29, 1.82) is 0 Å². The monoisotopic (exact) mass is 457 g/mol. The molecule has 11 heteroatoms. The van der Waals surface area contributed by atoms with E-state index in [-0.39, 0.29) is 24.9 Å². The highest BCUT2D eigenvalue weighted by atomic mass is 16.7. The molecule has 0 aromatic carbocycles. The minimum Gasteiger partial charge on any atom is -0.463 e. The molecule has 1 heterocycles. The van der Waals surface area contributed by atoms with Gasteiger partial charge < -0.3 is 29.0 Å². The van der Waals surface area contributed by atoms with Gasteiger partial charge in [0.05, 0.1) is 0 Å². The Bertz CT molecular complexity index is 717. The van der Waals surface area contributed by atoms with E-state index >= 15 is 0 Å². The molecule has 1 saturated heterocycles. The summed E-state index contributed by atoms with van der Waals surface area (Å²) in [5.74, 6) is -2.83. The second kappa shape index (κ2) is 11.8. The molecule has 0 bridgehead atoms. The van der Waals surface area contributed by atoms with Gasteiger partial charge >= 0.3 is 23.9 Å². The van der Waals surface area contributed by atoms with Gasteiger partial charge in [-0.25, -0.2) is 0 Å². The van der Waals surface area contributed by atoms with E-state index in [9.17, 15) is 24.0 Å². The largest absolute Gasteiger partial charge is 0.463 e. The van der Waals surface area contributed by atoms with Crippen LogP contribution in [0.4, 0.5) is 0 Å². The number of rotatable bonds is 8. The molecule has 2 aliphatic rings. The van der Waals surface area contributed by atoms with Crippen molar-refractivity contribution in [2.75, 3.05) is 6.61 Å². The molecule has 0 spiro atoms. The molecule has 32 heavy (non-hydrogen) atoms. The average Bonchev–Trinajstić information content (AvgIpc) is 3.16. The SMILES string of the molecule is CC(=O)OC[C@H]1OC(OC(C)=O)[C@H](NC(=O)CC2CCCC2)[C@@H](OC(C)=O)[C@@H]1OC(C)=O. The fourth-order valence-electron chi connectivity index (χ4n) is 4.04. The van der Waals surface area contributed by atoms with Crippen molar-refractivity contribution in [2.24, 2.45) is 5.92 Å². The van der Waals surface area contributed by atoms with Crippen LogP contribution in [0.2, 0.25) is 0 Å². The molecule has 1 unspecified atom stereocenters. The van der Waals surface area contributed by atoms with Crippen LogP contribution < -0.4 is 5.32 Å². The maximum Gasteiger partial charge on any atom is 0.305 e. The molecular formula is C21H31NO10. The molecule has 1 amide bonds. The highest BCUT2D eigenvalue weighted by Gasteiger charge is 2.52. The standard InChI is InChI=1S/C21H31NO10/c1-11(23)28-10-16-19(29-12(2)24)20(30-13(3)25)18(21(32-16)31-14(4)26)22-17(27)9-15-7-5-6-8-15/h15-16,18-21H,5-10H2,1-4H3,(H,22,27)/t16-,18-,19-,20-,21?/m1/s1. The molecule has 2 rings (SSSR count). The van der Waals surface area contributed by atoms with Crippen LogP contribution in [0.3, 0.4) is 0 Å². The predicted molar refractivity (Wildman–Crippen MR) is 107 cm³/mol. The molecule has 5 atom stereocenters. The Labute approximate surface area is 186 Å². The number of hydrogen-bond donors (Lipinski definition) is 1. The number of nitrogens with one attached hydrogen (secondary N) is 1. The molecule has 0 aromatic heterocycles. The lowest BCUT2D eigenvalue weighted by Gasteiger charge is -2.44. The van der Waals surface area contributed by atoms with E-state index < -0.39 is 54.5 Å². The third-order valence-electron chi connectivity index (χ3n) is 5.26. The maximum absolute atomic E-state index is 12.7. The number of ether oxygens (including phenoxy) is 5. The molecule has 1 N–H and O–H groups in total. The van der Waals surface area contributed by atoms with Gasteiger partial charge in [0.2, 0.25) is 12.2 Å². The minimum absolute atomic E-state index is 0.236. The van der Waals surface area contributed by atoms with Crippen LogP contribution in [-0.2, 0) is 47.7 Å². The Hall–Kier alpha value is -2.69. The lowest BCUT2D eigenvalue weighted by atomic mass is 9.95. The number of esters is 4. The zero-order valence-electron chi connectivity index (χ0n) is 18.8.